The summed E-state index contributed by atoms with van der Waals surface area (Å²) in [6.45, 7) is 7.39. The maximum atomic E-state index is 10.2. The number of hydrogen-bond acceptors (Lipinski definition) is 2. The van der Waals surface area contributed by atoms with Crippen molar-refractivity contribution in [1.82, 2.24) is 4.90 Å². The van der Waals surface area contributed by atoms with Crippen LogP contribution in [0.5, 0.6) is 0 Å². The topological polar surface area (TPSA) is 23.5 Å². The Morgan fingerprint density at radius 1 is 1.04 bits per heavy atom. The Kier molecular flexibility index (Phi) is 5.84. The molecule has 4 heteroatoms. The Balaban J connectivity index is 1.94. The normalized spacial score (nSPS) is 23.7. The van der Waals surface area contributed by atoms with E-state index in [1.54, 1.807) is 0 Å². The van der Waals surface area contributed by atoms with Crippen molar-refractivity contribution in [3.8, 4) is 0 Å². The fourth-order valence-electron chi connectivity index (χ4n) is 3.89. The standard InChI is InChI=1S/C21H28BrNOSi/c1-25(2,3)21(22)19-14-18(16-10-6-4-7-11-16)23(19)20(15-24)17-12-8-5-9-13-17/h4-13,18-21,24H,14-15H2,1-3H3/t18-,19+,20+,21-/m1/s1. The predicted octanol–water partition coefficient (Wildman–Crippen LogP) is 5.18. The van der Waals surface area contributed by atoms with E-state index in [0.29, 0.717) is 16.5 Å². The van der Waals surface area contributed by atoms with Crippen LogP contribution in [0.25, 0.3) is 0 Å². The molecule has 0 unspecified atom stereocenters. The minimum Gasteiger partial charge on any atom is -0.394 e. The molecule has 0 aliphatic carbocycles. The second kappa shape index (κ2) is 7.75. The Hall–Kier alpha value is -0.943. The minimum atomic E-state index is -1.33. The van der Waals surface area contributed by atoms with Crippen LogP contribution in [0.1, 0.15) is 29.6 Å². The molecule has 1 fully saturated rings. The summed E-state index contributed by atoms with van der Waals surface area (Å²) in [7, 11) is -1.33. The molecule has 3 rings (SSSR count). The van der Waals surface area contributed by atoms with Crippen molar-refractivity contribution in [1.29, 1.82) is 0 Å². The zero-order chi connectivity index (χ0) is 18.0. The number of nitrogens with zero attached hydrogens (tertiary/aromatic N) is 1. The molecular weight excluding hydrogens is 390 g/mol. The van der Waals surface area contributed by atoms with Gasteiger partial charge in [-0.3, -0.25) is 4.90 Å². The first-order valence-corrected chi connectivity index (χ1v) is 13.5. The van der Waals surface area contributed by atoms with Gasteiger partial charge in [0.15, 0.2) is 0 Å². The van der Waals surface area contributed by atoms with Crippen molar-refractivity contribution in [2.45, 2.75) is 48.6 Å². The second-order valence-electron chi connectivity index (χ2n) is 8.05. The van der Waals surface area contributed by atoms with Crippen LogP contribution in [-0.4, -0.2) is 35.2 Å². The number of rotatable bonds is 6. The number of halogens is 1. The lowest BCUT2D eigenvalue weighted by Gasteiger charge is -2.56. The van der Waals surface area contributed by atoms with E-state index in [0.717, 1.165) is 6.42 Å². The molecule has 1 saturated heterocycles. The third kappa shape index (κ3) is 3.92. The van der Waals surface area contributed by atoms with Gasteiger partial charge >= 0.3 is 0 Å². The fraction of sp³-hybridized carbons (Fsp3) is 0.429. The van der Waals surface area contributed by atoms with Crippen LogP contribution in [-0.2, 0) is 0 Å². The van der Waals surface area contributed by atoms with E-state index >= 15 is 0 Å². The number of benzene rings is 2. The first kappa shape index (κ1) is 18.8. The zero-order valence-electron chi connectivity index (χ0n) is 15.3. The molecule has 0 bridgehead atoms. The molecule has 134 valence electrons. The molecule has 2 nitrogen and oxygen atoms in total. The van der Waals surface area contributed by atoms with Crippen molar-refractivity contribution < 1.29 is 5.11 Å². The molecule has 1 N–H and O–H groups in total. The summed E-state index contributed by atoms with van der Waals surface area (Å²) >= 11 is 4.02. The summed E-state index contributed by atoms with van der Waals surface area (Å²) < 4.78 is 0.512. The largest absolute Gasteiger partial charge is 0.394 e. The smallest absolute Gasteiger partial charge is 0.0628 e. The van der Waals surface area contributed by atoms with Gasteiger partial charge in [-0.2, -0.15) is 0 Å². The zero-order valence-corrected chi connectivity index (χ0v) is 17.9. The number of likely N-dealkylation sites (tertiary alicyclic amines) is 1. The summed E-state index contributed by atoms with van der Waals surface area (Å²) in [6, 6.07) is 22.0. The van der Waals surface area contributed by atoms with Gasteiger partial charge in [-0.15, -0.1) is 0 Å². The lowest BCUT2D eigenvalue weighted by Crippen LogP contribution is -2.61. The van der Waals surface area contributed by atoms with Gasteiger partial charge in [-0.05, 0) is 17.5 Å². The van der Waals surface area contributed by atoms with Crippen molar-refractivity contribution in [2.75, 3.05) is 6.61 Å². The van der Waals surface area contributed by atoms with Gasteiger partial charge in [-0.25, -0.2) is 0 Å². The molecular formula is C21H28BrNOSi. The second-order valence-corrected chi connectivity index (χ2v) is 15.2. The molecule has 25 heavy (non-hydrogen) atoms. The van der Waals surface area contributed by atoms with Crippen molar-refractivity contribution >= 4 is 24.0 Å². The van der Waals surface area contributed by atoms with Crippen LogP contribution in [0, 0.1) is 0 Å². The van der Waals surface area contributed by atoms with Gasteiger partial charge in [0.25, 0.3) is 0 Å². The maximum Gasteiger partial charge on any atom is 0.0628 e. The highest BCUT2D eigenvalue weighted by atomic mass is 79.9. The summed E-state index contributed by atoms with van der Waals surface area (Å²) in [5, 5.41) is 10.2. The molecule has 4 atom stereocenters. The molecule has 2 aromatic carbocycles. The van der Waals surface area contributed by atoms with Gasteiger partial charge in [0, 0.05) is 16.5 Å². The Morgan fingerprint density at radius 3 is 2.12 bits per heavy atom. The summed E-state index contributed by atoms with van der Waals surface area (Å²) in [6.07, 6.45) is 1.15. The van der Waals surface area contributed by atoms with Crippen molar-refractivity contribution in [2.24, 2.45) is 0 Å². The van der Waals surface area contributed by atoms with E-state index < -0.39 is 8.07 Å². The van der Waals surface area contributed by atoms with Crippen LogP contribution >= 0.6 is 15.9 Å². The van der Waals surface area contributed by atoms with E-state index in [9.17, 15) is 5.11 Å². The van der Waals surface area contributed by atoms with Gasteiger partial charge < -0.3 is 5.11 Å². The molecule has 0 radical (unpaired) electrons. The predicted molar refractivity (Wildman–Crippen MR) is 112 cm³/mol. The fourth-order valence-corrected chi connectivity index (χ4v) is 5.84. The molecule has 1 aliphatic rings. The first-order valence-electron chi connectivity index (χ1n) is 9.05. The SMILES string of the molecule is C[Si](C)(C)[C@@H](Br)[C@@H]1C[C@H](c2ccccc2)N1[C@@H](CO)c1ccccc1. The average molecular weight is 418 g/mol. The van der Waals surface area contributed by atoms with Crippen LogP contribution in [0.15, 0.2) is 60.7 Å². The van der Waals surface area contributed by atoms with Crippen LogP contribution in [0.4, 0.5) is 0 Å². The number of aliphatic hydroxyl groups excluding tert-OH is 1. The van der Waals surface area contributed by atoms with Gasteiger partial charge in [0.05, 0.1) is 20.7 Å². The molecule has 0 saturated carbocycles. The third-order valence-electron chi connectivity index (χ3n) is 5.27. The lowest BCUT2D eigenvalue weighted by molar-refractivity contribution is -0.0409. The number of hydrogen-bond donors (Lipinski definition) is 1. The Bertz CT molecular complexity index is 673. The van der Waals surface area contributed by atoms with Gasteiger partial charge in [0.2, 0.25) is 0 Å². The van der Waals surface area contributed by atoms with E-state index in [2.05, 4.69) is 95.1 Å². The third-order valence-corrected chi connectivity index (χ3v) is 12.0. The molecule has 1 aliphatic heterocycles. The summed E-state index contributed by atoms with van der Waals surface area (Å²) in [5.41, 5.74) is 2.55. The van der Waals surface area contributed by atoms with Crippen LogP contribution in [0.3, 0.4) is 0 Å². The number of alkyl halides is 1. The minimum absolute atomic E-state index is 0.0431. The van der Waals surface area contributed by atoms with E-state index in [1.807, 2.05) is 6.07 Å². The molecule has 0 aromatic heterocycles. The van der Waals surface area contributed by atoms with E-state index in [4.69, 9.17) is 0 Å². The molecule has 2 aromatic rings. The quantitative estimate of drug-likeness (QED) is 0.516. The monoisotopic (exact) mass is 417 g/mol. The highest BCUT2D eigenvalue weighted by molar-refractivity contribution is 9.10. The molecule has 0 amide bonds. The lowest BCUT2D eigenvalue weighted by atomic mass is 9.84. The molecule has 0 spiro atoms. The Labute approximate surface area is 161 Å². The van der Waals surface area contributed by atoms with Gasteiger partial charge in [0.1, 0.15) is 0 Å². The van der Waals surface area contributed by atoms with Crippen molar-refractivity contribution in [3.63, 3.8) is 0 Å². The Morgan fingerprint density at radius 2 is 1.60 bits per heavy atom. The summed E-state index contributed by atoms with van der Waals surface area (Å²) in [5.74, 6) is 0. The van der Waals surface area contributed by atoms with Crippen LogP contribution in [0.2, 0.25) is 19.6 Å². The molecule has 1 heterocycles. The maximum absolute atomic E-state index is 10.2. The van der Waals surface area contributed by atoms with Crippen molar-refractivity contribution in [3.05, 3.63) is 71.8 Å². The highest BCUT2D eigenvalue weighted by Crippen LogP contribution is 2.48. The van der Waals surface area contributed by atoms with Crippen LogP contribution < -0.4 is 0 Å². The number of aliphatic hydroxyl groups is 1. The highest BCUT2D eigenvalue weighted by Gasteiger charge is 2.49. The van der Waals surface area contributed by atoms with E-state index in [-0.39, 0.29) is 12.6 Å². The average Bonchev–Trinajstić information content (AvgIpc) is 2.59. The van der Waals surface area contributed by atoms with Gasteiger partial charge in [-0.1, -0.05) is 96.2 Å². The first-order chi connectivity index (χ1) is 11.9. The summed E-state index contributed by atoms with van der Waals surface area (Å²) in [4.78, 5) is 2.54. The van der Waals surface area contributed by atoms with E-state index in [1.165, 1.54) is 11.1 Å².